The normalized spacial score (nSPS) is 15.1. The van der Waals surface area contributed by atoms with Gasteiger partial charge in [-0.1, -0.05) is 69.3 Å². The minimum absolute atomic E-state index is 0.107. The maximum atomic E-state index is 12.8. The van der Waals surface area contributed by atoms with Crippen LogP contribution in [0.15, 0.2) is 60.7 Å². The lowest BCUT2D eigenvalue weighted by atomic mass is 9.86. The highest BCUT2D eigenvalue weighted by atomic mass is 16.2. The van der Waals surface area contributed by atoms with Crippen LogP contribution in [0.4, 0.5) is 0 Å². The summed E-state index contributed by atoms with van der Waals surface area (Å²) >= 11 is 0. The number of carbonyl (C=O) groups is 1. The van der Waals surface area contributed by atoms with Gasteiger partial charge in [-0.2, -0.15) is 0 Å². The topological polar surface area (TPSA) is 20.3 Å². The first kappa shape index (κ1) is 16.5. The Balaban J connectivity index is 1.75. The van der Waals surface area contributed by atoms with Crippen molar-refractivity contribution in [3.05, 3.63) is 77.4 Å². The molecule has 0 bridgehead atoms. The zero-order chi connectivity index (χ0) is 17.2. The van der Waals surface area contributed by atoms with Gasteiger partial charge in [-0.25, -0.2) is 0 Å². The summed E-state index contributed by atoms with van der Waals surface area (Å²) in [7, 11) is 0. The van der Waals surface area contributed by atoms with Crippen molar-refractivity contribution in [3.63, 3.8) is 0 Å². The molecular weight excluding hydrogens is 294 g/mol. The minimum atomic E-state index is 0.107. The largest absolute Gasteiger partial charge is 0.334 e. The minimum Gasteiger partial charge on any atom is -0.334 e. The van der Waals surface area contributed by atoms with E-state index in [4.69, 9.17) is 0 Å². The van der Waals surface area contributed by atoms with E-state index < -0.39 is 0 Å². The monoisotopic (exact) mass is 319 g/mol. The molecule has 0 aliphatic carbocycles. The molecule has 0 spiro atoms. The van der Waals surface area contributed by atoms with E-state index in [1.54, 1.807) is 0 Å². The van der Waals surface area contributed by atoms with Crippen LogP contribution in [0.25, 0.3) is 5.57 Å². The summed E-state index contributed by atoms with van der Waals surface area (Å²) in [6.07, 6.45) is 3.16. The van der Waals surface area contributed by atoms with Crippen LogP contribution in [0.2, 0.25) is 0 Å². The van der Waals surface area contributed by atoms with Gasteiger partial charge in [0.1, 0.15) is 0 Å². The standard InChI is InChI=1S/C22H25NO/c1-22(2,3)20-13-11-18(12-14-20)21(24)23-15-7-10-19(16-23)17-8-5-4-6-9-17/h4-6,8-14H,7,15-16H2,1-3H3. The van der Waals surface area contributed by atoms with Gasteiger partial charge < -0.3 is 4.90 Å². The molecule has 0 saturated heterocycles. The summed E-state index contributed by atoms with van der Waals surface area (Å²) in [4.78, 5) is 14.8. The van der Waals surface area contributed by atoms with Gasteiger partial charge in [0.15, 0.2) is 0 Å². The number of amides is 1. The molecule has 2 aromatic rings. The van der Waals surface area contributed by atoms with E-state index in [2.05, 4.69) is 51.1 Å². The Bertz CT molecular complexity index is 736. The number of hydrogen-bond donors (Lipinski definition) is 0. The van der Waals surface area contributed by atoms with E-state index >= 15 is 0 Å². The molecule has 0 N–H and O–H groups in total. The number of nitrogens with zero attached hydrogens (tertiary/aromatic N) is 1. The predicted molar refractivity (Wildman–Crippen MR) is 100 cm³/mol. The molecule has 0 aromatic heterocycles. The van der Waals surface area contributed by atoms with Crippen LogP contribution in [-0.4, -0.2) is 23.9 Å². The van der Waals surface area contributed by atoms with Gasteiger partial charge in [-0.15, -0.1) is 0 Å². The highest BCUT2D eigenvalue weighted by Gasteiger charge is 2.21. The average molecular weight is 319 g/mol. The molecule has 0 atom stereocenters. The summed E-state index contributed by atoms with van der Waals surface area (Å²) in [5, 5.41) is 0. The van der Waals surface area contributed by atoms with E-state index in [-0.39, 0.29) is 11.3 Å². The number of hydrogen-bond acceptors (Lipinski definition) is 1. The van der Waals surface area contributed by atoms with Crippen LogP contribution in [0.5, 0.6) is 0 Å². The van der Waals surface area contributed by atoms with E-state index in [9.17, 15) is 4.79 Å². The third-order valence-electron chi connectivity index (χ3n) is 4.58. The van der Waals surface area contributed by atoms with Gasteiger partial charge in [0, 0.05) is 18.7 Å². The lowest BCUT2D eigenvalue weighted by Crippen LogP contribution is -2.35. The van der Waals surface area contributed by atoms with Crippen molar-refractivity contribution in [1.29, 1.82) is 0 Å². The zero-order valence-electron chi connectivity index (χ0n) is 14.8. The van der Waals surface area contributed by atoms with Crippen molar-refractivity contribution in [1.82, 2.24) is 4.90 Å². The lowest BCUT2D eigenvalue weighted by Gasteiger charge is -2.28. The molecule has 3 rings (SSSR count). The number of benzene rings is 2. The summed E-state index contributed by atoms with van der Waals surface area (Å²) in [6, 6.07) is 18.4. The molecule has 0 saturated carbocycles. The van der Waals surface area contributed by atoms with Gasteiger partial charge in [0.05, 0.1) is 0 Å². The first-order valence-corrected chi connectivity index (χ1v) is 8.59. The Morgan fingerprint density at radius 2 is 1.62 bits per heavy atom. The quantitative estimate of drug-likeness (QED) is 0.770. The van der Waals surface area contributed by atoms with Crippen LogP contribution in [-0.2, 0) is 5.41 Å². The third kappa shape index (κ3) is 3.59. The molecular formula is C22H25NO. The van der Waals surface area contributed by atoms with Gasteiger partial charge in [-0.3, -0.25) is 4.79 Å². The molecule has 2 nitrogen and oxygen atoms in total. The highest BCUT2D eigenvalue weighted by Crippen LogP contribution is 2.24. The fraction of sp³-hybridized carbons (Fsp3) is 0.318. The van der Waals surface area contributed by atoms with Gasteiger partial charge >= 0.3 is 0 Å². The third-order valence-corrected chi connectivity index (χ3v) is 4.58. The van der Waals surface area contributed by atoms with Crippen LogP contribution >= 0.6 is 0 Å². The molecule has 2 heteroatoms. The summed E-state index contributed by atoms with van der Waals surface area (Å²) in [5.41, 5.74) is 4.58. The first-order chi connectivity index (χ1) is 11.4. The van der Waals surface area contributed by atoms with Crippen LogP contribution < -0.4 is 0 Å². The van der Waals surface area contributed by atoms with Crippen molar-refractivity contribution >= 4 is 11.5 Å². The molecule has 1 aliphatic heterocycles. The second kappa shape index (κ2) is 6.64. The molecule has 124 valence electrons. The molecule has 1 heterocycles. The van der Waals surface area contributed by atoms with Crippen molar-refractivity contribution in [2.45, 2.75) is 32.6 Å². The average Bonchev–Trinajstić information content (AvgIpc) is 2.61. The second-order valence-corrected chi connectivity index (χ2v) is 7.44. The highest BCUT2D eigenvalue weighted by molar-refractivity contribution is 5.95. The maximum absolute atomic E-state index is 12.8. The summed E-state index contributed by atoms with van der Waals surface area (Å²) < 4.78 is 0. The Morgan fingerprint density at radius 1 is 0.958 bits per heavy atom. The van der Waals surface area contributed by atoms with Crippen LogP contribution in [0.1, 0.15) is 48.7 Å². The molecule has 0 radical (unpaired) electrons. The fourth-order valence-corrected chi connectivity index (χ4v) is 3.07. The van der Waals surface area contributed by atoms with Gasteiger partial charge in [0.25, 0.3) is 5.91 Å². The van der Waals surface area contributed by atoms with Crippen LogP contribution in [0.3, 0.4) is 0 Å². The summed E-state index contributed by atoms with van der Waals surface area (Å²) in [6.45, 7) is 8.03. The van der Waals surface area contributed by atoms with Crippen molar-refractivity contribution in [2.24, 2.45) is 0 Å². The molecule has 0 unspecified atom stereocenters. The predicted octanol–water partition coefficient (Wildman–Crippen LogP) is 4.91. The smallest absolute Gasteiger partial charge is 0.254 e. The van der Waals surface area contributed by atoms with E-state index in [0.717, 1.165) is 18.5 Å². The molecule has 1 amide bonds. The maximum Gasteiger partial charge on any atom is 0.254 e. The fourth-order valence-electron chi connectivity index (χ4n) is 3.07. The van der Waals surface area contributed by atoms with Gasteiger partial charge in [-0.05, 0) is 40.7 Å². The molecule has 2 aromatic carbocycles. The SMILES string of the molecule is CC(C)(C)c1ccc(C(=O)N2CCC=C(c3ccccc3)C2)cc1. The Hall–Kier alpha value is -2.35. The van der Waals surface area contributed by atoms with Crippen LogP contribution in [0, 0.1) is 0 Å². The van der Waals surface area contributed by atoms with E-state index in [0.29, 0.717) is 6.54 Å². The second-order valence-electron chi connectivity index (χ2n) is 7.44. The Morgan fingerprint density at radius 3 is 2.25 bits per heavy atom. The van der Waals surface area contributed by atoms with Crippen molar-refractivity contribution in [3.8, 4) is 0 Å². The first-order valence-electron chi connectivity index (χ1n) is 8.59. The molecule has 0 fully saturated rings. The lowest BCUT2D eigenvalue weighted by molar-refractivity contribution is 0.0775. The van der Waals surface area contributed by atoms with Crippen molar-refractivity contribution in [2.75, 3.05) is 13.1 Å². The van der Waals surface area contributed by atoms with E-state index in [1.807, 2.05) is 35.2 Å². The molecule has 1 aliphatic rings. The zero-order valence-corrected chi connectivity index (χ0v) is 14.8. The number of rotatable bonds is 2. The summed E-state index contributed by atoms with van der Waals surface area (Å²) in [5.74, 6) is 0.122. The van der Waals surface area contributed by atoms with Crippen molar-refractivity contribution < 1.29 is 4.79 Å². The molecule has 24 heavy (non-hydrogen) atoms. The Kier molecular flexibility index (Phi) is 4.57. The van der Waals surface area contributed by atoms with Gasteiger partial charge in [0.2, 0.25) is 0 Å². The number of carbonyl (C=O) groups excluding carboxylic acids is 1. The van der Waals surface area contributed by atoms with E-state index in [1.165, 1.54) is 16.7 Å². The Labute approximate surface area is 144 Å².